The van der Waals surface area contributed by atoms with E-state index < -0.39 is 0 Å². The van der Waals surface area contributed by atoms with Crippen LogP contribution in [0.3, 0.4) is 0 Å². The van der Waals surface area contributed by atoms with Crippen LogP contribution < -0.4 is 5.32 Å². The molecule has 144 valence electrons. The van der Waals surface area contributed by atoms with Crippen LogP contribution in [-0.2, 0) is 6.54 Å². The van der Waals surface area contributed by atoms with E-state index in [1.165, 1.54) is 43.5 Å². The zero-order chi connectivity index (χ0) is 18.2. The summed E-state index contributed by atoms with van der Waals surface area (Å²) in [4.78, 5) is 9.77. The number of thioether (sulfide) groups is 1. The molecule has 0 amide bonds. The molecular weight excluding hydrogens is 340 g/mol. The fourth-order valence-electron chi connectivity index (χ4n) is 4.46. The summed E-state index contributed by atoms with van der Waals surface area (Å²) in [6.07, 6.45) is 7.30. The average molecular weight is 375 g/mol. The Morgan fingerprint density at radius 3 is 2.85 bits per heavy atom. The van der Waals surface area contributed by atoms with Crippen LogP contribution in [0.4, 0.5) is 0 Å². The number of rotatable bonds is 6. The Morgan fingerprint density at radius 1 is 1.23 bits per heavy atom. The average Bonchev–Trinajstić information content (AvgIpc) is 2.69. The maximum Gasteiger partial charge on any atom is 0.193 e. The number of nitrogens with one attached hydrogen (secondary N) is 1. The number of fused-ring (bicyclic) bond motifs is 1. The van der Waals surface area contributed by atoms with Gasteiger partial charge in [0, 0.05) is 39.3 Å². The Hall–Kier alpha value is -1.20. The quantitative estimate of drug-likeness (QED) is 0.470. The standard InChI is InChI=1S/C21H34N4S/c1-22-21(23-12-7-15-26-2)25-14-11-20-19(17-25)10-6-13-24(20)16-18-8-4-3-5-9-18/h3-5,8-9,19-20H,6-7,10-17H2,1-2H3,(H,22,23). The van der Waals surface area contributed by atoms with Gasteiger partial charge >= 0.3 is 0 Å². The Kier molecular flexibility index (Phi) is 7.69. The first-order chi connectivity index (χ1) is 12.8. The largest absolute Gasteiger partial charge is 0.356 e. The Bertz CT molecular complexity index is 562. The lowest BCUT2D eigenvalue weighted by molar-refractivity contribution is 0.0373. The minimum absolute atomic E-state index is 0.731. The normalized spacial score (nSPS) is 24.4. The molecule has 0 aliphatic carbocycles. The monoisotopic (exact) mass is 374 g/mol. The van der Waals surface area contributed by atoms with E-state index >= 15 is 0 Å². The van der Waals surface area contributed by atoms with Crippen molar-refractivity contribution in [2.45, 2.75) is 38.3 Å². The van der Waals surface area contributed by atoms with E-state index in [1.807, 2.05) is 18.8 Å². The lowest BCUT2D eigenvalue weighted by Crippen LogP contribution is -2.56. The predicted molar refractivity (Wildman–Crippen MR) is 114 cm³/mol. The predicted octanol–water partition coefficient (Wildman–Crippen LogP) is 3.30. The minimum atomic E-state index is 0.731. The highest BCUT2D eigenvalue weighted by Crippen LogP contribution is 2.31. The van der Waals surface area contributed by atoms with E-state index in [1.54, 1.807) is 0 Å². The summed E-state index contributed by atoms with van der Waals surface area (Å²) < 4.78 is 0. The molecule has 1 aromatic rings. The molecule has 26 heavy (non-hydrogen) atoms. The summed E-state index contributed by atoms with van der Waals surface area (Å²) in [5, 5.41) is 3.57. The van der Waals surface area contributed by atoms with Gasteiger partial charge in [-0.25, -0.2) is 0 Å². The van der Waals surface area contributed by atoms with Crippen LogP contribution in [0.5, 0.6) is 0 Å². The summed E-state index contributed by atoms with van der Waals surface area (Å²) >= 11 is 1.91. The highest BCUT2D eigenvalue weighted by molar-refractivity contribution is 7.98. The van der Waals surface area contributed by atoms with Gasteiger partial charge in [-0.1, -0.05) is 30.3 Å². The number of benzene rings is 1. The zero-order valence-corrected chi connectivity index (χ0v) is 17.2. The van der Waals surface area contributed by atoms with Gasteiger partial charge in [0.05, 0.1) is 0 Å². The van der Waals surface area contributed by atoms with Gasteiger partial charge < -0.3 is 10.2 Å². The molecule has 2 aliphatic rings. The van der Waals surface area contributed by atoms with Crippen LogP contribution in [-0.4, -0.2) is 67.0 Å². The third-order valence-corrected chi connectivity index (χ3v) is 6.43. The van der Waals surface area contributed by atoms with E-state index in [-0.39, 0.29) is 0 Å². The summed E-state index contributed by atoms with van der Waals surface area (Å²) in [6.45, 7) is 5.65. The zero-order valence-electron chi connectivity index (χ0n) is 16.4. The molecule has 1 aromatic carbocycles. The number of hydrogen-bond acceptors (Lipinski definition) is 3. The summed E-state index contributed by atoms with van der Waals surface area (Å²) in [7, 11) is 1.92. The second-order valence-corrected chi connectivity index (χ2v) is 8.47. The van der Waals surface area contributed by atoms with Gasteiger partial charge in [-0.3, -0.25) is 9.89 Å². The van der Waals surface area contributed by atoms with Crippen LogP contribution in [0, 0.1) is 5.92 Å². The summed E-state index contributed by atoms with van der Waals surface area (Å²) in [5.74, 6) is 3.08. The van der Waals surface area contributed by atoms with Crippen molar-refractivity contribution >= 4 is 17.7 Å². The van der Waals surface area contributed by atoms with E-state index in [9.17, 15) is 0 Å². The number of nitrogens with zero attached hydrogens (tertiary/aromatic N) is 3. The number of piperidine rings is 2. The molecule has 0 bridgehead atoms. The highest BCUT2D eigenvalue weighted by atomic mass is 32.2. The first-order valence-electron chi connectivity index (χ1n) is 10.0. The van der Waals surface area contributed by atoms with Crippen molar-refractivity contribution in [2.75, 3.05) is 45.2 Å². The molecule has 4 nitrogen and oxygen atoms in total. The van der Waals surface area contributed by atoms with Gasteiger partial charge in [-0.2, -0.15) is 11.8 Å². The van der Waals surface area contributed by atoms with Gasteiger partial charge in [0.2, 0.25) is 0 Å². The third-order valence-electron chi connectivity index (χ3n) is 5.73. The molecular formula is C21H34N4S. The topological polar surface area (TPSA) is 30.9 Å². The lowest BCUT2D eigenvalue weighted by atomic mass is 9.83. The van der Waals surface area contributed by atoms with Crippen molar-refractivity contribution in [2.24, 2.45) is 10.9 Å². The molecule has 1 N–H and O–H groups in total. The number of hydrogen-bond donors (Lipinski definition) is 1. The molecule has 0 spiro atoms. The maximum atomic E-state index is 4.54. The van der Waals surface area contributed by atoms with E-state index in [0.717, 1.165) is 44.1 Å². The van der Waals surface area contributed by atoms with Crippen molar-refractivity contribution in [1.29, 1.82) is 0 Å². The molecule has 5 heteroatoms. The second-order valence-electron chi connectivity index (χ2n) is 7.48. The van der Waals surface area contributed by atoms with E-state index in [4.69, 9.17) is 0 Å². The maximum absolute atomic E-state index is 4.54. The van der Waals surface area contributed by atoms with Crippen molar-refractivity contribution in [3.05, 3.63) is 35.9 Å². The van der Waals surface area contributed by atoms with Crippen LogP contribution in [0.15, 0.2) is 35.3 Å². The van der Waals surface area contributed by atoms with Crippen molar-refractivity contribution in [3.8, 4) is 0 Å². The van der Waals surface area contributed by atoms with Crippen LogP contribution in [0.25, 0.3) is 0 Å². The molecule has 2 saturated heterocycles. The molecule has 2 unspecified atom stereocenters. The first-order valence-corrected chi connectivity index (χ1v) is 11.4. The summed E-state index contributed by atoms with van der Waals surface area (Å²) in [6, 6.07) is 11.7. The van der Waals surface area contributed by atoms with Gasteiger partial charge in [-0.05, 0) is 55.7 Å². The van der Waals surface area contributed by atoms with E-state index in [0.29, 0.717) is 0 Å². The van der Waals surface area contributed by atoms with Gasteiger partial charge in [0.15, 0.2) is 5.96 Å². The van der Waals surface area contributed by atoms with Crippen LogP contribution in [0.2, 0.25) is 0 Å². The Morgan fingerprint density at radius 2 is 2.08 bits per heavy atom. The lowest BCUT2D eigenvalue weighted by Gasteiger charge is -2.48. The molecule has 0 saturated carbocycles. The number of aliphatic imine (C=N–C) groups is 1. The SMILES string of the molecule is CN=C(NCCCSC)N1CCC2C(CCCN2Cc2ccccc2)C1. The van der Waals surface area contributed by atoms with Crippen LogP contribution in [0.1, 0.15) is 31.2 Å². The van der Waals surface area contributed by atoms with Gasteiger partial charge in [-0.15, -0.1) is 0 Å². The number of likely N-dealkylation sites (tertiary alicyclic amines) is 2. The second kappa shape index (κ2) is 10.2. The molecule has 0 aromatic heterocycles. The van der Waals surface area contributed by atoms with Crippen molar-refractivity contribution < 1.29 is 0 Å². The van der Waals surface area contributed by atoms with Gasteiger partial charge in [0.25, 0.3) is 0 Å². The van der Waals surface area contributed by atoms with Crippen LogP contribution >= 0.6 is 11.8 Å². The molecule has 2 atom stereocenters. The smallest absolute Gasteiger partial charge is 0.193 e. The Balaban J connectivity index is 1.55. The van der Waals surface area contributed by atoms with Gasteiger partial charge in [0.1, 0.15) is 0 Å². The first kappa shape index (κ1) is 19.6. The molecule has 0 radical (unpaired) electrons. The number of guanidine groups is 1. The van der Waals surface area contributed by atoms with Crippen molar-refractivity contribution in [3.63, 3.8) is 0 Å². The fraction of sp³-hybridized carbons (Fsp3) is 0.667. The molecule has 2 fully saturated rings. The molecule has 3 rings (SSSR count). The van der Waals surface area contributed by atoms with Crippen molar-refractivity contribution in [1.82, 2.24) is 15.1 Å². The molecule has 2 aliphatic heterocycles. The highest BCUT2D eigenvalue weighted by Gasteiger charge is 2.36. The molecule has 2 heterocycles. The Labute approximate surface area is 163 Å². The third kappa shape index (κ3) is 5.17. The fourth-order valence-corrected chi connectivity index (χ4v) is 4.90. The minimum Gasteiger partial charge on any atom is -0.356 e. The summed E-state index contributed by atoms with van der Waals surface area (Å²) in [5.41, 5.74) is 1.45. The van der Waals surface area contributed by atoms with E-state index in [2.05, 4.69) is 56.7 Å².